The van der Waals surface area contributed by atoms with Crippen molar-refractivity contribution in [3.8, 4) is 11.5 Å². The van der Waals surface area contributed by atoms with Crippen LogP contribution in [0.3, 0.4) is 0 Å². The maximum absolute atomic E-state index is 13.4. The van der Waals surface area contributed by atoms with Crippen LogP contribution >= 0.6 is 0 Å². The number of rotatable bonds is 5. The Balaban J connectivity index is 1.48. The third-order valence-electron chi connectivity index (χ3n) is 6.90. The number of nitrogens with zero attached hydrogens (tertiary/aromatic N) is 1. The van der Waals surface area contributed by atoms with Gasteiger partial charge in [0.2, 0.25) is 0 Å². The topological polar surface area (TPSA) is 67.0 Å². The van der Waals surface area contributed by atoms with Crippen LogP contribution in [-0.2, 0) is 5.41 Å². The summed E-state index contributed by atoms with van der Waals surface area (Å²) in [6, 6.07) is 17.2. The van der Waals surface area contributed by atoms with Crippen molar-refractivity contribution in [3.05, 3.63) is 83.4 Å². The fraction of sp³-hybridized carbons (Fsp3) is 0.333. The first-order valence-electron chi connectivity index (χ1n) is 12.7. The Morgan fingerprint density at radius 1 is 1.00 bits per heavy atom. The van der Waals surface area contributed by atoms with Gasteiger partial charge in [0, 0.05) is 17.5 Å². The zero-order chi connectivity index (χ0) is 25.3. The Morgan fingerprint density at radius 3 is 2.36 bits per heavy atom. The summed E-state index contributed by atoms with van der Waals surface area (Å²) < 4.78 is 19.5. The molecule has 36 heavy (non-hydrogen) atoms. The van der Waals surface area contributed by atoms with E-state index < -0.39 is 0 Å². The second-order valence-corrected chi connectivity index (χ2v) is 10.7. The molecular formula is C30H32FN3O2. The normalized spacial score (nSPS) is 14.7. The third kappa shape index (κ3) is 5.27. The fourth-order valence-electron chi connectivity index (χ4n) is 4.75. The summed E-state index contributed by atoms with van der Waals surface area (Å²) >= 11 is 0. The Bertz CT molecular complexity index is 1360. The molecule has 5 nitrogen and oxygen atoms in total. The Kier molecular flexibility index (Phi) is 6.52. The first-order chi connectivity index (χ1) is 17.3. The first-order valence-corrected chi connectivity index (χ1v) is 12.7. The minimum atomic E-state index is -0.337. The van der Waals surface area contributed by atoms with Gasteiger partial charge in [-0.25, -0.2) is 9.37 Å². The monoisotopic (exact) mass is 485 g/mol. The van der Waals surface area contributed by atoms with E-state index in [0.717, 1.165) is 35.3 Å². The zero-order valence-corrected chi connectivity index (χ0v) is 21.0. The van der Waals surface area contributed by atoms with Crippen LogP contribution in [0, 0.1) is 5.82 Å². The maximum atomic E-state index is 13.4. The molecule has 0 spiro atoms. The molecule has 1 aromatic heterocycles. The smallest absolute Gasteiger partial charge is 0.255 e. The minimum Gasteiger partial charge on any atom is -0.455 e. The molecule has 1 fully saturated rings. The number of aromatic nitrogens is 2. The second-order valence-electron chi connectivity index (χ2n) is 10.7. The SMILES string of the molecule is CC(C)(C)c1ccc(C(=O)Nc2cc3nc(C4CCCCC4)[nH]c3cc2Oc2ccc(F)cc2)cc1. The van der Waals surface area contributed by atoms with Crippen molar-refractivity contribution >= 4 is 22.6 Å². The van der Waals surface area contributed by atoms with E-state index in [4.69, 9.17) is 9.72 Å². The van der Waals surface area contributed by atoms with E-state index in [2.05, 4.69) is 31.1 Å². The number of ether oxygens (including phenoxy) is 1. The van der Waals surface area contributed by atoms with Gasteiger partial charge < -0.3 is 15.0 Å². The number of carbonyl (C=O) groups is 1. The van der Waals surface area contributed by atoms with Gasteiger partial charge >= 0.3 is 0 Å². The molecule has 5 rings (SSSR count). The number of benzene rings is 3. The van der Waals surface area contributed by atoms with E-state index in [1.165, 1.54) is 31.4 Å². The Labute approximate surface area is 211 Å². The lowest BCUT2D eigenvalue weighted by Crippen LogP contribution is -2.14. The number of imidazole rings is 1. The van der Waals surface area contributed by atoms with Gasteiger partial charge in [0.25, 0.3) is 5.91 Å². The summed E-state index contributed by atoms with van der Waals surface area (Å²) in [4.78, 5) is 21.5. The van der Waals surface area contributed by atoms with Crippen LogP contribution in [0.4, 0.5) is 10.1 Å². The summed E-state index contributed by atoms with van der Waals surface area (Å²) in [6.07, 6.45) is 5.98. The number of hydrogen-bond acceptors (Lipinski definition) is 3. The molecule has 0 aliphatic heterocycles. The van der Waals surface area contributed by atoms with E-state index in [9.17, 15) is 9.18 Å². The fourth-order valence-corrected chi connectivity index (χ4v) is 4.75. The van der Waals surface area contributed by atoms with Gasteiger partial charge in [0.1, 0.15) is 17.4 Å². The highest BCUT2D eigenvalue weighted by molar-refractivity contribution is 6.06. The molecule has 1 saturated carbocycles. The van der Waals surface area contributed by atoms with E-state index in [-0.39, 0.29) is 17.1 Å². The van der Waals surface area contributed by atoms with Crippen molar-refractivity contribution in [1.29, 1.82) is 0 Å². The summed E-state index contributed by atoms with van der Waals surface area (Å²) in [5.41, 5.74) is 3.86. The Hall–Kier alpha value is -3.67. The molecule has 1 heterocycles. The number of halogens is 1. The number of amides is 1. The molecule has 0 unspecified atom stereocenters. The quantitative estimate of drug-likeness (QED) is 0.300. The van der Waals surface area contributed by atoms with Crippen LogP contribution in [0.25, 0.3) is 11.0 Å². The van der Waals surface area contributed by atoms with Gasteiger partial charge in [-0.15, -0.1) is 0 Å². The highest BCUT2D eigenvalue weighted by Gasteiger charge is 2.21. The van der Waals surface area contributed by atoms with E-state index in [1.807, 2.05) is 36.4 Å². The standard InChI is InChI=1S/C30H32FN3O2/c1-30(2,3)21-11-9-20(10-12-21)29(35)34-26-17-24-25(33-28(32-24)19-7-5-4-6-8-19)18-27(26)36-23-15-13-22(31)14-16-23/h9-19H,4-8H2,1-3H3,(H,32,33)(H,34,35). The van der Waals surface area contributed by atoms with Gasteiger partial charge in [-0.05, 0) is 66.3 Å². The van der Waals surface area contributed by atoms with Crippen LogP contribution in [-0.4, -0.2) is 15.9 Å². The van der Waals surface area contributed by atoms with Crippen LogP contribution in [0.1, 0.15) is 80.5 Å². The Morgan fingerprint density at radius 2 is 1.69 bits per heavy atom. The molecule has 0 saturated heterocycles. The number of aromatic amines is 1. The lowest BCUT2D eigenvalue weighted by molar-refractivity contribution is 0.102. The molecule has 186 valence electrons. The van der Waals surface area contributed by atoms with Crippen molar-refractivity contribution < 1.29 is 13.9 Å². The second kappa shape index (κ2) is 9.76. The predicted molar refractivity (Wildman–Crippen MR) is 141 cm³/mol. The molecule has 1 aliphatic rings. The average Bonchev–Trinajstić information content (AvgIpc) is 3.28. The predicted octanol–water partition coefficient (Wildman–Crippen LogP) is 8.09. The summed E-state index contributed by atoms with van der Waals surface area (Å²) in [5.74, 6) is 1.78. The van der Waals surface area contributed by atoms with Crippen LogP contribution < -0.4 is 10.1 Å². The number of H-pyrrole nitrogens is 1. The first kappa shape index (κ1) is 24.0. The average molecular weight is 486 g/mol. The summed E-state index contributed by atoms with van der Waals surface area (Å²) in [5, 5.41) is 3.01. The molecule has 4 aromatic rings. The van der Waals surface area contributed by atoms with E-state index >= 15 is 0 Å². The van der Waals surface area contributed by atoms with E-state index in [1.54, 1.807) is 12.1 Å². The highest BCUT2D eigenvalue weighted by atomic mass is 19.1. The van der Waals surface area contributed by atoms with Crippen molar-refractivity contribution in [2.24, 2.45) is 0 Å². The highest BCUT2D eigenvalue weighted by Crippen LogP contribution is 2.37. The molecular weight excluding hydrogens is 453 g/mol. The van der Waals surface area contributed by atoms with Crippen molar-refractivity contribution in [2.75, 3.05) is 5.32 Å². The third-order valence-corrected chi connectivity index (χ3v) is 6.90. The maximum Gasteiger partial charge on any atom is 0.255 e. The van der Waals surface area contributed by atoms with Gasteiger partial charge in [-0.2, -0.15) is 0 Å². The minimum absolute atomic E-state index is 0.00615. The summed E-state index contributed by atoms with van der Waals surface area (Å²) in [7, 11) is 0. The van der Waals surface area contributed by atoms with Crippen molar-refractivity contribution in [3.63, 3.8) is 0 Å². The van der Waals surface area contributed by atoms with Gasteiger partial charge in [0.05, 0.1) is 16.7 Å². The van der Waals surface area contributed by atoms with E-state index in [0.29, 0.717) is 28.7 Å². The molecule has 1 aliphatic carbocycles. The van der Waals surface area contributed by atoms with Gasteiger partial charge in [-0.3, -0.25) is 4.79 Å². The zero-order valence-electron chi connectivity index (χ0n) is 21.0. The molecule has 0 radical (unpaired) electrons. The number of anilines is 1. The molecule has 1 amide bonds. The van der Waals surface area contributed by atoms with Crippen molar-refractivity contribution in [2.45, 2.75) is 64.2 Å². The van der Waals surface area contributed by atoms with Crippen LogP contribution in [0.2, 0.25) is 0 Å². The largest absolute Gasteiger partial charge is 0.455 e. The number of hydrogen-bond donors (Lipinski definition) is 2. The van der Waals surface area contributed by atoms with Gasteiger partial charge in [0.15, 0.2) is 5.75 Å². The molecule has 2 N–H and O–H groups in total. The lowest BCUT2D eigenvalue weighted by Gasteiger charge is -2.19. The van der Waals surface area contributed by atoms with Crippen LogP contribution in [0.5, 0.6) is 11.5 Å². The van der Waals surface area contributed by atoms with Gasteiger partial charge in [-0.1, -0.05) is 52.2 Å². The molecule has 6 heteroatoms. The summed E-state index contributed by atoms with van der Waals surface area (Å²) in [6.45, 7) is 6.42. The van der Waals surface area contributed by atoms with Crippen LogP contribution in [0.15, 0.2) is 60.7 Å². The number of nitrogens with one attached hydrogen (secondary N) is 2. The number of carbonyl (C=O) groups excluding carboxylic acids is 1. The molecule has 0 bridgehead atoms. The van der Waals surface area contributed by atoms with Crippen molar-refractivity contribution in [1.82, 2.24) is 9.97 Å². The molecule has 0 atom stereocenters. The molecule has 3 aromatic carbocycles. The number of fused-ring (bicyclic) bond motifs is 1. The lowest BCUT2D eigenvalue weighted by atomic mass is 9.87.